The summed E-state index contributed by atoms with van der Waals surface area (Å²) < 4.78 is 1.94. The van der Waals surface area contributed by atoms with Crippen LogP contribution in [0.5, 0.6) is 0 Å². The molecule has 230 valence electrons. The number of nitrogens with zero attached hydrogens (tertiary/aromatic N) is 3. The Hall–Kier alpha value is -6.32. The molecule has 8 aromatic rings. The lowest BCUT2D eigenvalue weighted by Crippen LogP contribution is -2.03. The summed E-state index contributed by atoms with van der Waals surface area (Å²) in [6, 6.07) is 50.0. The summed E-state index contributed by atoms with van der Waals surface area (Å²) in [6.07, 6.45) is 11.1. The van der Waals surface area contributed by atoms with E-state index in [-0.39, 0.29) is 0 Å². The Kier molecular flexibility index (Phi) is 6.31. The van der Waals surface area contributed by atoms with Gasteiger partial charge >= 0.3 is 0 Å². The van der Waals surface area contributed by atoms with Crippen LogP contribution in [0.15, 0.2) is 158 Å². The quantitative estimate of drug-likeness (QED) is 0.190. The van der Waals surface area contributed by atoms with Crippen LogP contribution >= 0.6 is 0 Å². The van der Waals surface area contributed by atoms with E-state index in [9.17, 15) is 0 Å². The van der Waals surface area contributed by atoms with Crippen LogP contribution in [0.25, 0.3) is 84.0 Å². The molecule has 2 aromatic heterocycles. The van der Waals surface area contributed by atoms with Gasteiger partial charge < -0.3 is 0 Å². The van der Waals surface area contributed by atoms with Crippen molar-refractivity contribution in [1.29, 1.82) is 0 Å². The third-order valence-corrected chi connectivity index (χ3v) is 10.0. The van der Waals surface area contributed by atoms with Crippen LogP contribution in [0.3, 0.4) is 0 Å². The topological polar surface area (TPSA) is 30.2 Å². The molecule has 2 heterocycles. The second-order valence-electron chi connectivity index (χ2n) is 13.0. The molecule has 49 heavy (non-hydrogen) atoms. The largest absolute Gasteiger partial charge is 0.219 e. The summed E-state index contributed by atoms with van der Waals surface area (Å²) in [5.41, 5.74) is 16.7. The molecule has 0 amide bonds. The van der Waals surface area contributed by atoms with E-state index in [0.717, 1.165) is 51.9 Å². The van der Waals surface area contributed by atoms with E-state index in [1.165, 1.54) is 49.7 Å². The fourth-order valence-electron chi connectivity index (χ4n) is 7.66. The molecule has 0 atom stereocenters. The first-order valence-corrected chi connectivity index (χ1v) is 16.9. The standard InChI is InChI=1S/C46H31N3/c1-3-10-30(11-4-1)41-28-42(31-12-5-2-6-13-31)46-47-45(48-49(46)29-41)39-19-9-17-35(25-39)34-16-8-18-36(24-34)40-26-37-22-20-32-14-7-15-33-21-23-38(27-40)44(37)43(32)33/h1-14,16-22,24-29H,15,23H2. The third-order valence-electron chi connectivity index (χ3n) is 10.0. The SMILES string of the molecule is C1=Cc2ccc3cc(-c4cccc(-c5cccc(-c6nc7c(-c8ccccc8)cc(-c8ccccc8)cn7n6)c5)c4)cc4c3c2C(=CC4)C1. The number of allylic oxidation sites excluding steroid dienone is 3. The van der Waals surface area contributed by atoms with Crippen molar-refractivity contribution in [1.82, 2.24) is 14.6 Å². The molecule has 0 saturated carbocycles. The number of fused-ring (bicyclic) bond motifs is 1. The van der Waals surface area contributed by atoms with E-state index in [1.807, 2.05) is 16.6 Å². The third kappa shape index (κ3) is 4.74. The maximum atomic E-state index is 5.12. The van der Waals surface area contributed by atoms with Gasteiger partial charge in [-0.1, -0.05) is 133 Å². The minimum atomic E-state index is 0.708. The van der Waals surface area contributed by atoms with Gasteiger partial charge in [0.05, 0.1) is 0 Å². The van der Waals surface area contributed by atoms with Crippen molar-refractivity contribution in [3.8, 4) is 55.9 Å². The van der Waals surface area contributed by atoms with Crippen LogP contribution in [-0.2, 0) is 6.42 Å². The number of aromatic nitrogens is 3. The zero-order chi connectivity index (χ0) is 32.3. The normalized spacial score (nSPS) is 13.2. The van der Waals surface area contributed by atoms with Gasteiger partial charge in [0.2, 0.25) is 0 Å². The van der Waals surface area contributed by atoms with E-state index in [2.05, 4.69) is 152 Å². The molecule has 0 spiro atoms. The Morgan fingerprint density at radius 3 is 2.02 bits per heavy atom. The van der Waals surface area contributed by atoms with Crippen LogP contribution in [0.2, 0.25) is 0 Å². The van der Waals surface area contributed by atoms with Gasteiger partial charge in [0.15, 0.2) is 11.5 Å². The zero-order valence-electron chi connectivity index (χ0n) is 26.8. The second-order valence-corrected chi connectivity index (χ2v) is 13.0. The molecule has 0 radical (unpaired) electrons. The van der Waals surface area contributed by atoms with Crippen molar-refractivity contribution in [3.05, 3.63) is 175 Å². The number of pyridine rings is 1. The first kappa shape index (κ1) is 27.8. The fourth-order valence-corrected chi connectivity index (χ4v) is 7.66. The first-order chi connectivity index (χ1) is 24.2. The molecule has 2 aliphatic rings. The van der Waals surface area contributed by atoms with Crippen molar-refractivity contribution in [2.45, 2.75) is 12.8 Å². The summed E-state index contributed by atoms with van der Waals surface area (Å²) in [5.74, 6) is 0.708. The van der Waals surface area contributed by atoms with Crippen LogP contribution in [0.4, 0.5) is 0 Å². The van der Waals surface area contributed by atoms with Gasteiger partial charge in [-0.2, -0.15) is 0 Å². The molecule has 0 bridgehead atoms. The minimum Gasteiger partial charge on any atom is -0.219 e. The monoisotopic (exact) mass is 625 g/mol. The summed E-state index contributed by atoms with van der Waals surface area (Å²) in [5, 5.41) is 7.79. The molecule has 0 fully saturated rings. The molecule has 2 aliphatic carbocycles. The highest BCUT2D eigenvalue weighted by atomic mass is 15.3. The van der Waals surface area contributed by atoms with Crippen LogP contribution in [0, 0.1) is 0 Å². The van der Waals surface area contributed by atoms with Gasteiger partial charge in [0.1, 0.15) is 0 Å². The highest BCUT2D eigenvalue weighted by Crippen LogP contribution is 2.42. The van der Waals surface area contributed by atoms with Gasteiger partial charge in [-0.3, -0.25) is 0 Å². The average molecular weight is 626 g/mol. The highest BCUT2D eigenvalue weighted by molar-refractivity contribution is 6.04. The molecule has 0 saturated heterocycles. The number of hydrogen-bond donors (Lipinski definition) is 0. The Bertz CT molecular complexity index is 2640. The second kappa shape index (κ2) is 11.1. The van der Waals surface area contributed by atoms with E-state index in [0.29, 0.717) is 5.82 Å². The lowest BCUT2D eigenvalue weighted by molar-refractivity contribution is 0.968. The molecule has 0 aliphatic heterocycles. The lowest BCUT2D eigenvalue weighted by atomic mass is 9.80. The Labute approximate surface area is 285 Å². The first-order valence-electron chi connectivity index (χ1n) is 16.9. The average Bonchev–Trinajstić information content (AvgIpc) is 3.62. The minimum absolute atomic E-state index is 0.708. The molecule has 0 N–H and O–H groups in total. The smallest absolute Gasteiger partial charge is 0.182 e. The molecule has 3 heteroatoms. The number of benzene rings is 6. The van der Waals surface area contributed by atoms with Gasteiger partial charge in [-0.05, 0) is 104 Å². The predicted molar refractivity (Wildman–Crippen MR) is 203 cm³/mol. The van der Waals surface area contributed by atoms with E-state index >= 15 is 0 Å². The van der Waals surface area contributed by atoms with Crippen LogP contribution in [0.1, 0.15) is 23.1 Å². The number of rotatable bonds is 5. The van der Waals surface area contributed by atoms with Crippen molar-refractivity contribution >= 4 is 28.1 Å². The summed E-state index contributed by atoms with van der Waals surface area (Å²) in [7, 11) is 0. The van der Waals surface area contributed by atoms with E-state index < -0.39 is 0 Å². The van der Waals surface area contributed by atoms with Crippen molar-refractivity contribution in [3.63, 3.8) is 0 Å². The molecule has 10 rings (SSSR count). The van der Waals surface area contributed by atoms with Gasteiger partial charge in [0.25, 0.3) is 0 Å². The maximum absolute atomic E-state index is 5.12. The number of hydrogen-bond acceptors (Lipinski definition) is 2. The molecule has 0 unspecified atom stereocenters. The van der Waals surface area contributed by atoms with Gasteiger partial charge in [-0.25, -0.2) is 9.50 Å². The van der Waals surface area contributed by atoms with Crippen molar-refractivity contribution in [2.75, 3.05) is 0 Å². The Morgan fingerprint density at radius 1 is 0.531 bits per heavy atom. The Balaban J connectivity index is 1.04. The lowest BCUT2D eigenvalue weighted by Gasteiger charge is -2.24. The maximum Gasteiger partial charge on any atom is 0.182 e. The highest BCUT2D eigenvalue weighted by Gasteiger charge is 2.21. The predicted octanol–water partition coefficient (Wildman–Crippen LogP) is 11.6. The van der Waals surface area contributed by atoms with E-state index in [1.54, 1.807) is 0 Å². The van der Waals surface area contributed by atoms with Gasteiger partial charge in [0, 0.05) is 22.9 Å². The van der Waals surface area contributed by atoms with Crippen molar-refractivity contribution < 1.29 is 0 Å². The zero-order valence-corrected chi connectivity index (χ0v) is 26.8. The Morgan fingerprint density at radius 2 is 1.22 bits per heavy atom. The van der Waals surface area contributed by atoms with Crippen LogP contribution in [-0.4, -0.2) is 14.6 Å². The molecular formula is C46H31N3. The molecule has 6 aromatic carbocycles. The van der Waals surface area contributed by atoms with Crippen LogP contribution < -0.4 is 0 Å². The molecule has 3 nitrogen and oxygen atoms in total. The van der Waals surface area contributed by atoms with Crippen molar-refractivity contribution in [2.24, 2.45) is 0 Å². The summed E-state index contributed by atoms with van der Waals surface area (Å²) in [6.45, 7) is 0. The molecular weight excluding hydrogens is 595 g/mol. The van der Waals surface area contributed by atoms with E-state index in [4.69, 9.17) is 10.1 Å². The summed E-state index contributed by atoms with van der Waals surface area (Å²) in [4.78, 5) is 5.12. The fraction of sp³-hybridized carbons (Fsp3) is 0.0435. The van der Waals surface area contributed by atoms with Gasteiger partial charge in [-0.15, -0.1) is 5.10 Å². The summed E-state index contributed by atoms with van der Waals surface area (Å²) >= 11 is 0.